The topological polar surface area (TPSA) is 75.3 Å². The molecular weight excluding hydrogens is 384 g/mol. The van der Waals surface area contributed by atoms with Crippen LogP contribution < -0.4 is 10.0 Å². The molecule has 158 valence electrons. The summed E-state index contributed by atoms with van der Waals surface area (Å²) in [6, 6.07) is 16.5. The van der Waals surface area contributed by atoms with Crippen molar-refractivity contribution in [1.82, 2.24) is 10.0 Å². The molecule has 1 amide bonds. The summed E-state index contributed by atoms with van der Waals surface area (Å²) in [5, 5.41) is 2.96. The third-order valence-corrected chi connectivity index (χ3v) is 6.67. The zero-order chi connectivity index (χ0) is 21.7. The van der Waals surface area contributed by atoms with Crippen LogP contribution in [0.3, 0.4) is 0 Å². The monoisotopic (exact) mass is 416 g/mol. The standard InChI is InChI=1S/C23H32N2O3S/c1-6-17(2)21(18-12-8-7-9-13-18)22(26)24-16-19-14-10-11-15-20(19)29(27,28)25-23(3,4)5/h7-15,17,21,25H,6,16H2,1-5H3,(H,24,26). The molecule has 0 fully saturated rings. The van der Waals surface area contributed by atoms with Crippen LogP contribution in [0.15, 0.2) is 59.5 Å². The second-order valence-electron chi connectivity index (χ2n) is 8.45. The van der Waals surface area contributed by atoms with Crippen molar-refractivity contribution in [3.8, 4) is 0 Å². The Bertz CT molecular complexity index is 919. The smallest absolute Gasteiger partial charge is 0.241 e. The maximum Gasteiger partial charge on any atom is 0.241 e. The number of hydrogen-bond acceptors (Lipinski definition) is 3. The Hall–Kier alpha value is -2.18. The van der Waals surface area contributed by atoms with Gasteiger partial charge in [0.25, 0.3) is 0 Å². The van der Waals surface area contributed by atoms with Crippen molar-refractivity contribution in [1.29, 1.82) is 0 Å². The van der Waals surface area contributed by atoms with Crippen LogP contribution in [0, 0.1) is 5.92 Å². The summed E-state index contributed by atoms with van der Waals surface area (Å²) in [5.74, 6) is -0.210. The predicted octanol–water partition coefficient (Wildman–Crippen LogP) is 4.21. The second kappa shape index (κ2) is 9.55. The van der Waals surface area contributed by atoms with Crippen LogP contribution in [0.4, 0.5) is 0 Å². The first-order valence-corrected chi connectivity index (χ1v) is 11.5. The van der Waals surface area contributed by atoms with Gasteiger partial charge in [0.15, 0.2) is 0 Å². The molecule has 0 saturated heterocycles. The molecule has 0 radical (unpaired) electrons. The Labute approximate surface area is 175 Å². The number of amides is 1. The van der Waals surface area contributed by atoms with Crippen LogP contribution in [0.2, 0.25) is 0 Å². The van der Waals surface area contributed by atoms with E-state index in [1.165, 1.54) is 0 Å². The molecule has 0 heterocycles. The minimum Gasteiger partial charge on any atom is -0.351 e. The first-order valence-electron chi connectivity index (χ1n) is 9.99. The SMILES string of the molecule is CCC(C)C(C(=O)NCc1ccccc1S(=O)(=O)NC(C)(C)C)c1ccccc1. The predicted molar refractivity (Wildman–Crippen MR) is 117 cm³/mol. The summed E-state index contributed by atoms with van der Waals surface area (Å²) in [6.45, 7) is 9.67. The molecule has 0 bridgehead atoms. The number of rotatable bonds is 8. The molecule has 6 heteroatoms. The molecule has 0 spiro atoms. The maximum atomic E-state index is 13.0. The zero-order valence-electron chi connectivity index (χ0n) is 17.9. The van der Waals surface area contributed by atoms with Gasteiger partial charge in [-0.15, -0.1) is 0 Å². The molecule has 2 rings (SSSR count). The largest absolute Gasteiger partial charge is 0.351 e. The van der Waals surface area contributed by atoms with Gasteiger partial charge in [-0.25, -0.2) is 13.1 Å². The van der Waals surface area contributed by atoms with Crippen molar-refractivity contribution < 1.29 is 13.2 Å². The number of benzene rings is 2. The second-order valence-corrected chi connectivity index (χ2v) is 10.1. The van der Waals surface area contributed by atoms with Crippen LogP contribution in [-0.4, -0.2) is 19.9 Å². The maximum absolute atomic E-state index is 13.0. The molecule has 0 aliphatic heterocycles. The number of nitrogens with one attached hydrogen (secondary N) is 2. The molecule has 0 aliphatic rings. The molecular formula is C23H32N2O3S. The van der Waals surface area contributed by atoms with E-state index in [1.54, 1.807) is 45.0 Å². The average Bonchev–Trinajstić information content (AvgIpc) is 2.65. The fraction of sp³-hybridized carbons (Fsp3) is 0.435. The number of hydrogen-bond donors (Lipinski definition) is 2. The van der Waals surface area contributed by atoms with E-state index in [0.717, 1.165) is 12.0 Å². The van der Waals surface area contributed by atoms with Gasteiger partial charge in [0.05, 0.1) is 10.8 Å². The Morgan fingerprint density at radius 3 is 2.17 bits per heavy atom. The van der Waals surface area contributed by atoms with Gasteiger partial charge >= 0.3 is 0 Å². The number of sulfonamides is 1. The molecule has 2 aromatic carbocycles. The Morgan fingerprint density at radius 2 is 1.59 bits per heavy atom. The minimum atomic E-state index is -3.69. The van der Waals surface area contributed by atoms with Gasteiger partial charge in [-0.05, 0) is 43.9 Å². The molecule has 2 unspecified atom stereocenters. The highest BCUT2D eigenvalue weighted by atomic mass is 32.2. The zero-order valence-corrected chi connectivity index (χ0v) is 18.7. The Morgan fingerprint density at radius 1 is 1.00 bits per heavy atom. The van der Waals surface area contributed by atoms with Crippen LogP contribution in [-0.2, 0) is 21.4 Å². The summed E-state index contributed by atoms with van der Waals surface area (Å²) in [6.07, 6.45) is 0.869. The molecule has 2 N–H and O–H groups in total. The van der Waals surface area contributed by atoms with Crippen LogP contribution in [0.5, 0.6) is 0 Å². The lowest BCUT2D eigenvalue weighted by Crippen LogP contribution is -2.41. The van der Waals surface area contributed by atoms with Crippen LogP contribution in [0.1, 0.15) is 58.1 Å². The van der Waals surface area contributed by atoms with E-state index in [4.69, 9.17) is 0 Å². The van der Waals surface area contributed by atoms with Crippen molar-refractivity contribution in [2.24, 2.45) is 5.92 Å². The summed E-state index contributed by atoms with van der Waals surface area (Å²) < 4.78 is 28.3. The molecule has 2 aromatic rings. The fourth-order valence-corrected chi connectivity index (χ4v) is 4.96. The van der Waals surface area contributed by atoms with Crippen molar-refractivity contribution in [2.75, 3.05) is 0 Å². The lowest BCUT2D eigenvalue weighted by Gasteiger charge is -2.24. The lowest BCUT2D eigenvalue weighted by atomic mass is 9.85. The van der Waals surface area contributed by atoms with E-state index < -0.39 is 15.6 Å². The Kier molecular flexibility index (Phi) is 7.60. The van der Waals surface area contributed by atoms with Crippen LogP contribution >= 0.6 is 0 Å². The number of carbonyl (C=O) groups excluding carboxylic acids is 1. The van der Waals surface area contributed by atoms with E-state index in [-0.39, 0.29) is 29.2 Å². The van der Waals surface area contributed by atoms with Crippen LogP contribution in [0.25, 0.3) is 0 Å². The third-order valence-electron chi connectivity index (χ3n) is 4.81. The molecule has 5 nitrogen and oxygen atoms in total. The molecule has 0 aromatic heterocycles. The van der Waals surface area contributed by atoms with Gasteiger partial charge in [-0.2, -0.15) is 0 Å². The molecule has 0 saturated carbocycles. The van der Waals surface area contributed by atoms with E-state index in [2.05, 4.69) is 23.9 Å². The van der Waals surface area contributed by atoms with E-state index in [0.29, 0.717) is 5.56 Å². The molecule has 0 aliphatic carbocycles. The molecule has 29 heavy (non-hydrogen) atoms. The van der Waals surface area contributed by atoms with Crippen molar-refractivity contribution in [2.45, 2.75) is 63.9 Å². The third kappa shape index (κ3) is 6.41. The molecule has 2 atom stereocenters. The fourth-order valence-electron chi connectivity index (χ4n) is 3.30. The first-order chi connectivity index (χ1) is 13.5. The van der Waals surface area contributed by atoms with Gasteiger partial charge in [0.2, 0.25) is 15.9 Å². The van der Waals surface area contributed by atoms with Gasteiger partial charge in [-0.1, -0.05) is 68.8 Å². The minimum absolute atomic E-state index is 0.0958. The highest BCUT2D eigenvalue weighted by molar-refractivity contribution is 7.89. The van der Waals surface area contributed by atoms with E-state index in [9.17, 15) is 13.2 Å². The summed E-state index contributed by atoms with van der Waals surface area (Å²) in [5.41, 5.74) is 0.938. The van der Waals surface area contributed by atoms with Crippen molar-refractivity contribution in [3.63, 3.8) is 0 Å². The van der Waals surface area contributed by atoms with Crippen molar-refractivity contribution >= 4 is 15.9 Å². The number of carbonyl (C=O) groups is 1. The van der Waals surface area contributed by atoms with E-state index >= 15 is 0 Å². The van der Waals surface area contributed by atoms with E-state index in [1.807, 2.05) is 30.3 Å². The summed E-state index contributed by atoms with van der Waals surface area (Å²) in [7, 11) is -3.69. The van der Waals surface area contributed by atoms with Gasteiger partial charge in [0, 0.05) is 12.1 Å². The van der Waals surface area contributed by atoms with Crippen molar-refractivity contribution in [3.05, 3.63) is 65.7 Å². The first kappa shape index (κ1) is 23.1. The van der Waals surface area contributed by atoms with Gasteiger partial charge in [0.1, 0.15) is 0 Å². The average molecular weight is 417 g/mol. The van der Waals surface area contributed by atoms with Gasteiger partial charge < -0.3 is 5.32 Å². The summed E-state index contributed by atoms with van der Waals surface area (Å²) in [4.78, 5) is 13.2. The summed E-state index contributed by atoms with van der Waals surface area (Å²) >= 11 is 0. The lowest BCUT2D eigenvalue weighted by molar-refractivity contribution is -0.123. The highest BCUT2D eigenvalue weighted by Gasteiger charge is 2.27. The normalized spacial score (nSPS) is 14.2. The quantitative estimate of drug-likeness (QED) is 0.677. The highest BCUT2D eigenvalue weighted by Crippen LogP contribution is 2.27. The van der Waals surface area contributed by atoms with Gasteiger partial charge in [-0.3, -0.25) is 4.79 Å². The Balaban J connectivity index is 2.24.